The monoisotopic (exact) mass is 494 g/mol. The maximum atomic E-state index is 13.3. The molecule has 2 heterocycles. The van der Waals surface area contributed by atoms with E-state index in [-0.39, 0.29) is 30.3 Å². The van der Waals surface area contributed by atoms with E-state index >= 15 is 0 Å². The lowest BCUT2D eigenvalue weighted by molar-refractivity contribution is 0.0515. The molecule has 0 aliphatic carbocycles. The summed E-state index contributed by atoms with van der Waals surface area (Å²) in [5.74, 6) is -0.700. The smallest absolute Gasteiger partial charge is 0.356 e. The number of carbonyl (C=O) groups excluding carboxylic acids is 1. The number of carbonyl (C=O) groups is 1. The summed E-state index contributed by atoms with van der Waals surface area (Å²) < 4.78 is 39.4. The van der Waals surface area contributed by atoms with Crippen molar-refractivity contribution < 1.29 is 22.7 Å². The zero-order valence-corrected chi connectivity index (χ0v) is 17.3. The van der Waals surface area contributed by atoms with E-state index in [0.717, 1.165) is 0 Å². The fraction of sp³-hybridized carbons (Fsp3) is 0.400. The van der Waals surface area contributed by atoms with Crippen LogP contribution in [0, 0.1) is 0 Å². The molecule has 0 atom stereocenters. The van der Waals surface area contributed by atoms with Crippen molar-refractivity contribution in [3.8, 4) is 0 Å². The fourth-order valence-corrected chi connectivity index (χ4v) is 5.47. The van der Waals surface area contributed by atoms with Gasteiger partial charge in [0, 0.05) is 32.9 Å². The van der Waals surface area contributed by atoms with Crippen molar-refractivity contribution in [3.05, 3.63) is 26.8 Å². The molecular formula is C15H16Br2N2O5S. The summed E-state index contributed by atoms with van der Waals surface area (Å²) >= 11 is 6.81. The number of hydrogen-bond acceptors (Lipinski definition) is 5. The normalized spacial score (nSPS) is 16.3. The van der Waals surface area contributed by atoms with E-state index < -0.39 is 16.0 Å². The van der Waals surface area contributed by atoms with Crippen molar-refractivity contribution in [1.82, 2.24) is 9.29 Å². The molecule has 1 aromatic carbocycles. The van der Waals surface area contributed by atoms with Gasteiger partial charge in [-0.05, 0) is 50.9 Å². The predicted molar refractivity (Wildman–Crippen MR) is 99.2 cm³/mol. The van der Waals surface area contributed by atoms with Crippen LogP contribution in [0.3, 0.4) is 0 Å². The third-order valence-electron chi connectivity index (χ3n) is 3.86. The van der Waals surface area contributed by atoms with Crippen LogP contribution < -0.4 is 0 Å². The molecule has 0 radical (unpaired) electrons. The lowest BCUT2D eigenvalue weighted by Crippen LogP contribution is -2.41. The van der Waals surface area contributed by atoms with Gasteiger partial charge in [0.15, 0.2) is 0 Å². The Balaban J connectivity index is 2.28. The third-order valence-corrected chi connectivity index (χ3v) is 7.84. The molecule has 1 saturated heterocycles. The first kappa shape index (κ1) is 18.8. The molecule has 1 aliphatic heterocycles. The number of hydrogen-bond donors (Lipinski definition) is 1. The van der Waals surface area contributed by atoms with Gasteiger partial charge in [-0.25, -0.2) is 13.2 Å². The molecule has 1 aromatic heterocycles. The number of aromatic amines is 1. The number of rotatable bonds is 4. The maximum Gasteiger partial charge on any atom is 0.356 e. The SMILES string of the molecule is CCOC(=O)c1[nH]c2ccc(Br)c(Br)c2c1S(=O)(=O)N1CCOCC1. The first-order valence-corrected chi connectivity index (χ1v) is 10.6. The minimum Gasteiger partial charge on any atom is -0.461 e. The van der Waals surface area contributed by atoms with Gasteiger partial charge >= 0.3 is 5.97 Å². The summed E-state index contributed by atoms with van der Waals surface area (Å²) in [5.41, 5.74) is 0.465. The van der Waals surface area contributed by atoms with Crippen molar-refractivity contribution in [2.45, 2.75) is 11.8 Å². The molecule has 0 bridgehead atoms. The standard InChI is InChI=1S/C15H16Br2N2O5S/c1-2-24-15(20)13-14(25(21,22)19-5-7-23-8-6-19)11-10(18-13)4-3-9(16)12(11)17/h3-4,18H,2,5-8H2,1H3. The van der Waals surface area contributed by atoms with Crippen molar-refractivity contribution in [2.24, 2.45) is 0 Å². The molecule has 2 aromatic rings. The maximum absolute atomic E-state index is 13.3. The van der Waals surface area contributed by atoms with Gasteiger partial charge in [-0.15, -0.1) is 0 Å². The second-order valence-electron chi connectivity index (χ2n) is 5.35. The van der Waals surface area contributed by atoms with Gasteiger partial charge in [-0.3, -0.25) is 0 Å². The second-order valence-corrected chi connectivity index (χ2v) is 8.87. The molecule has 25 heavy (non-hydrogen) atoms. The van der Waals surface area contributed by atoms with E-state index in [1.807, 2.05) is 0 Å². The molecule has 7 nitrogen and oxygen atoms in total. The number of H-pyrrole nitrogens is 1. The number of esters is 1. The number of aromatic nitrogens is 1. The summed E-state index contributed by atoms with van der Waals surface area (Å²) in [6.07, 6.45) is 0. The van der Waals surface area contributed by atoms with Crippen LogP contribution in [-0.4, -0.2) is 56.6 Å². The van der Waals surface area contributed by atoms with Crippen molar-refractivity contribution >= 4 is 58.8 Å². The van der Waals surface area contributed by atoms with Gasteiger partial charge < -0.3 is 14.5 Å². The Labute approximate surface area is 162 Å². The number of nitrogens with zero attached hydrogens (tertiary/aromatic N) is 1. The van der Waals surface area contributed by atoms with Gasteiger partial charge in [0.05, 0.1) is 19.8 Å². The van der Waals surface area contributed by atoms with E-state index in [1.165, 1.54) is 4.31 Å². The number of sulfonamides is 1. The van der Waals surface area contributed by atoms with Gasteiger partial charge in [-0.2, -0.15) is 4.31 Å². The summed E-state index contributed by atoms with van der Waals surface area (Å²) in [6.45, 7) is 2.94. The Kier molecular flexibility index (Phi) is 5.54. The first-order valence-electron chi connectivity index (χ1n) is 7.62. The van der Waals surface area contributed by atoms with Gasteiger partial charge in [-0.1, -0.05) is 0 Å². The van der Waals surface area contributed by atoms with Crippen LogP contribution >= 0.6 is 31.9 Å². The lowest BCUT2D eigenvalue weighted by atomic mass is 10.2. The molecule has 0 saturated carbocycles. The molecule has 1 aliphatic rings. The number of halogens is 2. The molecule has 10 heteroatoms. The average Bonchev–Trinajstić information content (AvgIpc) is 3.00. The van der Waals surface area contributed by atoms with E-state index in [4.69, 9.17) is 9.47 Å². The molecule has 1 fully saturated rings. The van der Waals surface area contributed by atoms with Crippen LogP contribution in [0.4, 0.5) is 0 Å². The highest BCUT2D eigenvalue weighted by molar-refractivity contribution is 9.13. The summed E-state index contributed by atoms with van der Waals surface area (Å²) in [7, 11) is -3.91. The topological polar surface area (TPSA) is 88.7 Å². The van der Waals surface area contributed by atoms with Crippen LogP contribution in [0.5, 0.6) is 0 Å². The molecule has 3 rings (SSSR count). The van der Waals surface area contributed by atoms with Gasteiger partial charge in [0.25, 0.3) is 0 Å². The minimum atomic E-state index is -3.91. The van der Waals surface area contributed by atoms with Crippen LogP contribution in [-0.2, 0) is 19.5 Å². The summed E-state index contributed by atoms with van der Waals surface area (Å²) in [6, 6.07) is 3.48. The van der Waals surface area contributed by atoms with Crippen LogP contribution in [0.1, 0.15) is 17.4 Å². The quantitative estimate of drug-likeness (QED) is 0.659. The van der Waals surface area contributed by atoms with E-state index in [1.54, 1.807) is 19.1 Å². The van der Waals surface area contributed by atoms with E-state index in [9.17, 15) is 13.2 Å². The molecule has 0 amide bonds. The van der Waals surface area contributed by atoms with Gasteiger partial charge in [0.1, 0.15) is 10.6 Å². The number of nitrogens with one attached hydrogen (secondary N) is 1. The molecule has 136 valence electrons. The van der Waals surface area contributed by atoms with Crippen molar-refractivity contribution in [2.75, 3.05) is 32.9 Å². The summed E-state index contributed by atoms with van der Waals surface area (Å²) in [5, 5.41) is 0.420. The van der Waals surface area contributed by atoms with Crippen molar-refractivity contribution in [1.29, 1.82) is 0 Å². The zero-order chi connectivity index (χ0) is 18.2. The average molecular weight is 496 g/mol. The fourth-order valence-electron chi connectivity index (χ4n) is 2.71. The van der Waals surface area contributed by atoms with Crippen LogP contribution in [0.25, 0.3) is 10.9 Å². The van der Waals surface area contributed by atoms with E-state index in [2.05, 4.69) is 36.8 Å². The Morgan fingerprint density at radius 2 is 2.00 bits per heavy atom. The largest absolute Gasteiger partial charge is 0.461 e. The predicted octanol–water partition coefficient (Wildman–Crippen LogP) is 2.89. The third kappa shape index (κ3) is 3.37. The first-order chi connectivity index (χ1) is 11.9. The molecule has 0 spiro atoms. The molecule has 1 N–H and O–H groups in total. The summed E-state index contributed by atoms with van der Waals surface area (Å²) in [4.78, 5) is 15.2. The Morgan fingerprint density at radius 3 is 2.64 bits per heavy atom. The van der Waals surface area contributed by atoms with E-state index in [0.29, 0.717) is 33.1 Å². The number of fused-ring (bicyclic) bond motifs is 1. The number of morpholine rings is 1. The molecular weight excluding hydrogens is 480 g/mol. The Bertz CT molecular complexity index is 920. The number of ether oxygens (including phenoxy) is 2. The van der Waals surface area contributed by atoms with Crippen LogP contribution in [0.15, 0.2) is 26.0 Å². The highest BCUT2D eigenvalue weighted by atomic mass is 79.9. The van der Waals surface area contributed by atoms with Crippen molar-refractivity contribution in [3.63, 3.8) is 0 Å². The van der Waals surface area contributed by atoms with Gasteiger partial charge in [0.2, 0.25) is 10.0 Å². The zero-order valence-electron chi connectivity index (χ0n) is 13.3. The Hall–Kier alpha value is -0.940. The Morgan fingerprint density at radius 1 is 1.32 bits per heavy atom. The number of benzene rings is 1. The second kappa shape index (κ2) is 7.36. The highest BCUT2D eigenvalue weighted by Crippen LogP contribution is 2.38. The highest BCUT2D eigenvalue weighted by Gasteiger charge is 2.35. The lowest BCUT2D eigenvalue weighted by Gasteiger charge is -2.26. The minimum absolute atomic E-state index is 0.0675. The van der Waals surface area contributed by atoms with Crippen LogP contribution in [0.2, 0.25) is 0 Å². The molecule has 0 unspecified atom stereocenters.